The molecule has 0 unspecified atom stereocenters. The van der Waals surface area contributed by atoms with Gasteiger partial charge >= 0.3 is 12.0 Å². The van der Waals surface area contributed by atoms with E-state index in [0.717, 1.165) is 17.7 Å². The Morgan fingerprint density at radius 1 is 1.48 bits per heavy atom. The molecule has 1 saturated carbocycles. The quantitative estimate of drug-likeness (QED) is 0.865. The number of nitrogens with zero attached hydrogens (tertiary/aromatic N) is 1. The molecule has 1 N–H and O–H groups in total. The maximum Gasteiger partial charge on any atom is 0.338 e. The molecule has 21 heavy (non-hydrogen) atoms. The summed E-state index contributed by atoms with van der Waals surface area (Å²) in [6, 6.07) is 5.25. The van der Waals surface area contributed by atoms with E-state index in [4.69, 9.17) is 4.74 Å². The summed E-state index contributed by atoms with van der Waals surface area (Å²) in [5, 5.41) is 2.77. The summed E-state index contributed by atoms with van der Waals surface area (Å²) in [6.45, 7) is 5.89. The van der Waals surface area contributed by atoms with Gasteiger partial charge in [-0.3, -0.25) is 4.90 Å². The Hall–Kier alpha value is -2.04. The lowest BCUT2D eigenvalue weighted by molar-refractivity contribution is 0.0481. The van der Waals surface area contributed by atoms with E-state index in [1.165, 1.54) is 0 Å². The molecule has 1 aromatic rings. The van der Waals surface area contributed by atoms with Crippen LogP contribution in [0.3, 0.4) is 0 Å². The summed E-state index contributed by atoms with van der Waals surface area (Å²) < 4.78 is 5.33. The Labute approximate surface area is 124 Å². The fourth-order valence-electron chi connectivity index (χ4n) is 2.68. The molecule has 2 atom stereocenters. The Morgan fingerprint density at radius 3 is 2.81 bits per heavy atom. The van der Waals surface area contributed by atoms with E-state index in [1.807, 2.05) is 13.0 Å². The zero-order valence-electron chi connectivity index (χ0n) is 12.4. The van der Waals surface area contributed by atoms with Crippen molar-refractivity contribution in [1.29, 1.82) is 0 Å². The van der Waals surface area contributed by atoms with Crippen molar-refractivity contribution in [1.82, 2.24) is 5.32 Å². The highest BCUT2D eigenvalue weighted by Crippen LogP contribution is 2.37. The molecular formula is C16H20N2O3. The summed E-state index contributed by atoms with van der Waals surface area (Å²) in [6.07, 6.45) is 1.15. The van der Waals surface area contributed by atoms with E-state index in [0.29, 0.717) is 37.1 Å². The van der Waals surface area contributed by atoms with Gasteiger partial charge < -0.3 is 10.1 Å². The smallest absolute Gasteiger partial charge is 0.338 e. The molecule has 1 aromatic carbocycles. The van der Waals surface area contributed by atoms with Crippen molar-refractivity contribution in [3.8, 4) is 0 Å². The molecule has 0 bridgehead atoms. The Balaban J connectivity index is 1.68. The first kappa shape index (κ1) is 13.9. The number of carbonyl (C=O) groups is 2. The highest BCUT2D eigenvalue weighted by Gasteiger charge is 2.33. The predicted molar refractivity (Wildman–Crippen MR) is 79.5 cm³/mol. The van der Waals surface area contributed by atoms with E-state index in [-0.39, 0.29) is 12.0 Å². The van der Waals surface area contributed by atoms with Crippen molar-refractivity contribution in [2.45, 2.75) is 20.3 Å². The summed E-state index contributed by atoms with van der Waals surface area (Å²) in [5.41, 5.74) is 2.29. The van der Waals surface area contributed by atoms with Gasteiger partial charge in [-0.2, -0.15) is 0 Å². The van der Waals surface area contributed by atoms with Crippen LogP contribution in [-0.4, -0.2) is 31.7 Å². The lowest BCUT2D eigenvalue weighted by Crippen LogP contribution is -2.28. The Kier molecular flexibility index (Phi) is 3.57. The first-order valence-corrected chi connectivity index (χ1v) is 7.39. The molecule has 5 heteroatoms. The van der Waals surface area contributed by atoms with Crippen molar-refractivity contribution in [2.75, 3.05) is 24.6 Å². The second-order valence-corrected chi connectivity index (χ2v) is 5.96. The molecule has 0 spiro atoms. The minimum atomic E-state index is -0.283. The first-order valence-electron chi connectivity index (χ1n) is 7.39. The summed E-state index contributed by atoms with van der Waals surface area (Å²) in [5.74, 6) is 0.924. The number of ether oxygens (including phenoxy) is 1. The van der Waals surface area contributed by atoms with Crippen molar-refractivity contribution in [3.05, 3.63) is 29.3 Å². The fraction of sp³-hybridized carbons (Fsp3) is 0.500. The van der Waals surface area contributed by atoms with E-state index in [1.54, 1.807) is 17.0 Å². The van der Waals surface area contributed by atoms with Gasteiger partial charge in [0.2, 0.25) is 0 Å². The molecule has 1 aliphatic heterocycles. The lowest BCUT2D eigenvalue weighted by Gasteiger charge is -2.17. The number of hydrogen-bond acceptors (Lipinski definition) is 3. The second-order valence-electron chi connectivity index (χ2n) is 5.96. The van der Waals surface area contributed by atoms with Crippen LogP contribution in [0.15, 0.2) is 18.2 Å². The standard InChI is InChI=1S/C16H20N2O3/c1-10-7-13(10)9-21-15(19)12-3-4-14(11(2)8-12)18-6-5-17-16(18)20/h3-4,8,10,13H,5-7,9H2,1-2H3,(H,17,20)/t10-,13-/m0/s1. The largest absolute Gasteiger partial charge is 0.462 e. The molecule has 112 valence electrons. The van der Waals surface area contributed by atoms with Crippen LogP contribution in [0.1, 0.15) is 29.3 Å². The van der Waals surface area contributed by atoms with Gasteiger partial charge in [-0.1, -0.05) is 6.92 Å². The monoisotopic (exact) mass is 288 g/mol. The summed E-state index contributed by atoms with van der Waals surface area (Å²) in [4.78, 5) is 25.4. The molecule has 1 heterocycles. The number of anilines is 1. The van der Waals surface area contributed by atoms with Crippen molar-refractivity contribution in [3.63, 3.8) is 0 Å². The molecule has 2 fully saturated rings. The fourth-order valence-corrected chi connectivity index (χ4v) is 2.68. The van der Waals surface area contributed by atoms with Crippen molar-refractivity contribution in [2.24, 2.45) is 11.8 Å². The van der Waals surface area contributed by atoms with Crippen LogP contribution < -0.4 is 10.2 Å². The van der Waals surface area contributed by atoms with Gasteiger partial charge in [-0.05, 0) is 48.9 Å². The van der Waals surface area contributed by atoms with Gasteiger partial charge in [0.1, 0.15) is 0 Å². The van der Waals surface area contributed by atoms with E-state index in [2.05, 4.69) is 12.2 Å². The third-order valence-corrected chi connectivity index (χ3v) is 4.28. The molecule has 0 aromatic heterocycles. The molecule has 1 saturated heterocycles. The lowest BCUT2D eigenvalue weighted by atomic mass is 10.1. The number of aryl methyl sites for hydroxylation is 1. The predicted octanol–water partition coefficient (Wildman–Crippen LogP) is 2.34. The van der Waals surface area contributed by atoms with Gasteiger partial charge in [-0.15, -0.1) is 0 Å². The van der Waals surface area contributed by atoms with Crippen LogP contribution in [0, 0.1) is 18.8 Å². The number of esters is 1. The number of benzene rings is 1. The van der Waals surface area contributed by atoms with Crippen LogP contribution in [0.2, 0.25) is 0 Å². The number of carbonyl (C=O) groups excluding carboxylic acids is 2. The van der Waals surface area contributed by atoms with E-state index < -0.39 is 0 Å². The van der Waals surface area contributed by atoms with Crippen molar-refractivity contribution < 1.29 is 14.3 Å². The van der Waals surface area contributed by atoms with Crippen LogP contribution in [0.5, 0.6) is 0 Å². The first-order chi connectivity index (χ1) is 10.1. The number of hydrogen-bond donors (Lipinski definition) is 1. The van der Waals surface area contributed by atoms with Crippen molar-refractivity contribution >= 4 is 17.7 Å². The molecule has 2 aliphatic rings. The van der Waals surface area contributed by atoms with Gasteiger partial charge in [-0.25, -0.2) is 9.59 Å². The SMILES string of the molecule is Cc1cc(C(=O)OC[C@@H]2C[C@@H]2C)ccc1N1CCNC1=O. The van der Waals surface area contributed by atoms with Gasteiger partial charge in [0.05, 0.1) is 12.2 Å². The number of urea groups is 1. The number of rotatable bonds is 4. The zero-order valence-corrected chi connectivity index (χ0v) is 12.4. The van der Waals surface area contributed by atoms with E-state index >= 15 is 0 Å². The topological polar surface area (TPSA) is 58.6 Å². The average Bonchev–Trinajstić information content (AvgIpc) is 3.00. The van der Waals surface area contributed by atoms with E-state index in [9.17, 15) is 9.59 Å². The third kappa shape index (κ3) is 2.86. The Bertz CT molecular complexity index is 585. The van der Waals surface area contributed by atoms with Crippen LogP contribution >= 0.6 is 0 Å². The van der Waals surface area contributed by atoms with Crippen LogP contribution in [0.4, 0.5) is 10.5 Å². The van der Waals surface area contributed by atoms with Crippen LogP contribution in [-0.2, 0) is 4.74 Å². The molecule has 1 aliphatic carbocycles. The second kappa shape index (κ2) is 5.39. The zero-order chi connectivity index (χ0) is 15.0. The third-order valence-electron chi connectivity index (χ3n) is 4.28. The molecule has 3 rings (SSSR count). The summed E-state index contributed by atoms with van der Waals surface area (Å²) in [7, 11) is 0. The van der Waals surface area contributed by atoms with Gasteiger partial charge in [0.25, 0.3) is 0 Å². The average molecular weight is 288 g/mol. The van der Waals surface area contributed by atoms with Gasteiger partial charge in [0, 0.05) is 18.8 Å². The van der Waals surface area contributed by atoms with Crippen LogP contribution in [0.25, 0.3) is 0 Å². The molecule has 0 radical (unpaired) electrons. The molecule has 2 amide bonds. The molecule has 5 nitrogen and oxygen atoms in total. The number of nitrogens with one attached hydrogen (secondary N) is 1. The highest BCUT2D eigenvalue weighted by molar-refractivity contribution is 5.96. The number of amides is 2. The highest BCUT2D eigenvalue weighted by atomic mass is 16.5. The molecular weight excluding hydrogens is 268 g/mol. The normalized spacial score (nSPS) is 23.9. The van der Waals surface area contributed by atoms with Gasteiger partial charge in [0.15, 0.2) is 0 Å². The maximum atomic E-state index is 12.0. The minimum absolute atomic E-state index is 0.0869. The summed E-state index contributed by atoms with van der Waals surface area (Å²) >= 11 is 0. The Morgan fingerprint density at radius 2 is 2.24 bits per heavy atom. The maximum absolute atomic E-state index is 12.0. The minimum Gasteiger partial charge on any atom is -0.462 e.